The molecule has 0 aliphatic rings. The maximum absolute atomic E-state index is 5.29. The molecule has 0 aromatic heterocycles. The van der Waals surface area contributed by atoms with Crippen LogP contribution >= 0.6 is 0 Å². The number of nitrogens with one attached hydrogen (secondary N) is 2. The third kappa shape index (κ3) is 10.4. The monoisotopic (exact) mass is 258 g/mol. The smallest absolute Gasteiger partial charge is 0.191 e. The number of rotatable bonds is 10. The fourth-order valence-electron chi connectivity index (χ4n) is 1.37. The van der Waals surface area contributed by atoms with E-state index < -0.39 is 0 Å². The molecular weight excluding hydrogens is 228 g/mol. The first kappa shape index (κ1) is 17.2. The Morgan fingerprint density at radius 3 is 2.61 bits per heavy atom. The summed E-state index contributed by atoms with van der Waals surface area (Å²) in [6, 6.07) is 0. The fourth-order valence-corrected chi connectivity index (χ4v) is 1.37. The van der Waals surface area contributed by atoms with Crippen molar-refractivity contribution >= 4 is 5.96 Å². The Hall–Kier alpha value is -0.810. The van der Waals surface area contributed by atoms with Crippen LogP contribution in [0, 0.1) is 0 Å². The van der Waals surface area contributed by atoms with Crippen molar-refractivity contribution < 1.29 is 4.74 Å². The van der Waals surface area contributed by atoms with Gasteiger partial charge in [-0.2, -0.15) is 0 Å². The minimum atomic E-state index is 0.783. The van der Waals surface area contributed by atoms with Crippen molar-refractivity contribution in [3.05, 3.63) is 0 Å². The molecular formula is C13H30N4O. The topological polar surface area (TPSA) is 48.9 Å². The van der Waals surface area contributed by atoms with Gasteiger partial charge in [0.25, 0.3) is 0 Å². The van der Waals surface area contributed by atoms with Crippen LogP contribution in [0.3, 0.4) is 0 Å². The van der Waals surface area contributed by atoms with Crippen molar-refractivity contribution in [2.24, 2.45) is 4.99 Å². The van der Waals surface area contributed by atoms with Crippen molar-refractivity contribution in [1.82, 2.24) is 15.5 Å². The van der Waals surface area contributed by atoms with E-state index in [1.807, 2.05) is 6.92 Å². The predicted molar refractivity (Wildman–Crippen MR) is 78.3 cm³/mol. The first-order valence-electron chi connectivity index (χ1n) is 7.03. The molecule has 5 nitrogen and oxygen atoms in total. The molecule has 0 aromatic rings. The van der Waals surface area contributed by atoms with E-state index in [9.17, 15) is 0 Å². The Morgan fingerprint density at radius 2 is 2.00 bits per heavy atom. The van der Waals surface area contributed by atoms with Gasteiger partial charge in [-0.05, 0) is 33.9 Å². The van der Waals surface area contributed by atoms with Gasteiger partial charge in [-0.15, -0.1) is 0 Å². The van der Waals surface area contributed by atoms with Crippen molar-refractivity contribution in [3.8, 4) is 0 Å². The number of ether oxygens (including phenoxy) is 1. The van der Waals surface area contributed by atoms with Crippen LogP contribution in [0.2, 0.25) is 0 Å². The number of aliphatic imine (C=N–C) groups is 1. The zero-order chi connectivity index (χ0) is 13.6. The quantitative estimate of drug-likeness (QED) is 0.347. The highest BCUT2D eigenvalue weighted by Crippen LogP contribution is 1.85. The summed E-state index contributed by atoms with van der Waals surface area (Å²) in [7, 11) is 2.12. The molecule has 0 aliphatic heterocycles. The Morgan fingerprint density at radius 1 is 1.22 bits per heavy atom. The highest BCUT2D eigenvalue weighted by atomic mass is 16.5. The molecule has 0 unspecified atom stereocenters. The standard InChI is InChI=1S/C13H30N4O/c1-5-14-13(15-9-8-12-18-7-3)16-10-11-17(4)6-2/h5-12H2,1-4H3,(H2,14,15,16). The molecule has 2 N–H and O–H groups in total. The van der Waals surface area contributed by atoms with Gasteiger partial charge < -0.3 is 20.3 Å². The van der Waals surface area contributed by atoms with Gasteiger partial charge >= 0.3 is 0 Å². The summed E-state index contributed by atoms with van der Waals surface area (Å²) in [6.07, 6.45) is 0.972. The first-order valence-corrected chi connectivity index (χ1v) is 7.03. The lowest BCUT2D eigenvalue weighted by atomic mass is 10.4. The summed E-state index contributed by atoms with van der Waals surface area (Å²) >= 11 is 0. The van der Waals surface area contributed by atoms with Gasteiger partial charge in [0.15, 0.2) is 5.96 Å². The van der Waals surface area contributed by atoms with E-state index in [2.05, 4.69) is 41.4 Å². The van der Waals surface area contributed by atoms with Gasteiger partial charge in [-0.1, -0.05) is 6.92 Å². The number of hydrogen-bond donors (Lipinski definition) is 2. The van der Waals surface area contributed by atoms with E-state index in [4.69, 9.17) is 4.74 Å². The lowest BCUT2D eigenvalue weighted by Crippen LogP contribution is -2.41. The summed E-state index contributed by atoms with van der Waals surface area (Å²) < 4.78 is 5.29. The van der Waals surface area contributed by atoms with Crippen LogP contribution in [0.4, 0.5) is 0 Å². The molecule has 0 aliphatic carbocycles. The molecule has 0 saturated carbocycles. The van der Waals surface area contributed by atoms with E-state index in [0.29, 0.717) is 0 Å². The van der Waals surface area contributed by atoms with Crippen LogP contribution in [-0.4, -0.2) is 63.8 Å². The summed E-state index contributed by atoms with van der Waals surface area (Å²) in [5, 5.41) is 6.58. The highest BCUT2D eigenvalue weighted by molar-refractivity contribution is 5.79. The molecule has 0 fully saturated rings. The van der Waals surface area contributed by atoms with Crippen LogP contribution in [0.5, 0.6) is 0 Å². The van der Waals surface area contributed by atoms with Crippen LogP contribution < -0.4 is 10.6 Å². The summed E-state index contributed by atoms with van der Waals surface area (Å²) in [5.74, 6) is 0.901. The number of guanidine groups is 1. The van der Waals surface area contributed by atoms with E-state index in [-0.39, 0.29) is 0 Å². The van der Waals surface area contributed by atoms with E-state index in [1.54, 1.807) is 0 Å². The molecule has 0 heterocycles. The number of nitrogens with zero attached hydrogens (tertiary/aromatic N) is 2. The molecule has 0 bridgehead atoms. The Bertz CT molecular complexity index is 209. The van der Waals surface area contributed by atoms with Gasteiger partial charge in [-0.25, -0.2) is 0 Å². The fraction of sp³-hybridized carbons (Fsp3) is 0.923. The van der Waals surface area contributed by atoms with Gasteiger partial charge in [0, 0.05) is 39.4 Å². The summed E-state index contributed by atoms with van der Waals surface area (Å²) in [6.45, 7) is 12.5. The predicted octanol–water partition coefficient (Wildman–Crippen LogP) is 0.920. The minimum absolute atomic E-state index is 0.783. The van der Waals surface area contributed by atoms with Crippen LogP contribution in [0.25, 0.3) is 0 Å². The zero-order valence-electron chi connectivity index (χ0n) is 12.5. The summed E-state index contributed by atoms with van der Waals surface area (Å²) in [5.41, 5.74) is 0. The van der Waals surface area contributed by atoms with Crippen LogP contribution in [0.1, 0.15) is 27.2 Å². The minimum Gasteiger partial charge on any atom is -0.382 e. The average molecular weight is 258 g/mol. The maximum atomic E-state index is 5.29. The molecule has 0 saturated heterocycles. The van der Waals surface area contributed by atoms with Gasteiger partial charge in [0.2, 0.25) is 0 Å². The SMILES string of the molecule is CCNC(=NCCCOCC)NCCN(C)CC. The van der Waals surface area contributed by atoms with Crippen molar-refractivity contribution in [2.45, 2.75) is 27.2 Å². The molecule has 108 valence electrons. The molecule has 0 spiro atoms. The molecule has 0 radical (unpaired) electrons. The summed E-state index contributed by atoms with van der Waals surface area (Å²) in [4.78, 5) is 6.77. The second-order valence-electron chi connectivity index (χ2n) is 4.13. The Labute approximate surface area is 112 Å². The third-order valence-electron chi connectivity index (χ3n) is 2.59. The van der Waals surface area contributed by atoms with Gasteiger partial charge in [-0.3, -0.25) is 4.99 Å². The van der Waals surface area contributed by atoms with Crippen molar-refractivity contribution in [3.63, 3.8) is 0 Å². The van der Waals surface area contributed by atoms with Crippen LogP contribution in [0.15, 0.2) is 4.99 Å². The average Bonchev–Trinajstić information content (AvgIpc) is 2.38. The lowest BCUT2D eigenvalue weighted by Gasteiger charge is -2.16. The number of hydrogen-bond acceptors (Lipinski definition) is 3. The third-order valence-corrected chi connectivity index (χ3v) is 2.59. The van der Waals surface area contributed by atoms with Crippen molar-refractivity contribution in [2.75, 3.05) is 53.0 Å². The lowest BCUT2D eigenvalue weighted by molar-refractivity contribution is 0.146. The molecule has 0 atom stereocenters. The molecule has 5 heteroatoms. The second kappa shape index (κ2) is 12.6. The molecule has 0 rings (SSSR count). The molecule has 18 heavy (non-hydrogen) atoms. The Kier molecular flexibility index (Phi) is 12.1. The first-order chi connectivity index (χ1) is 8.74. The van der Waals surface area contributed by atoms with Gasteiger partial charge in [0.05, 0.1) is 0 Å². The normalized spacial score (nSPS) is 11.9. The molecule has 0 aromatic carbocycles. The Balaban J connectivity index is 3.78. The van der Waals surface area contributed by atoms with E-state index in [0.717, 1.165) is 58.3 Å². The second-order valence-corrected chi connectivity index (χ2v) is 4.13. The van der Waals surface area contributed by atoms with Crippen molar-refractivity contribution in [1.29, 1.82) is 0 Å². The van der Waals surface area contributed by atoms with E-state index >= 15 is 0 Å². The van der Waals surface area contributed by atoms with Crippen LogP contribution in [-0.2, 0) is 4.74 Å². The molecule has 0 amide bonds. The highest BCUT2D eigenvalue weighted by Gasteiger charge is 1.98. The number of likely N-dealkylation sites (N-methyl/N-ethyl adjacent to an activating group) is 1. The van der Waals surface area contributed by atoms with E-state index in [1.165, 1.54) is 0 Å². The largest absolute Gasteiger partial charge is 0.382 e. The van der Waals surface area contributed by atoms with Gasteiger partial charge in [0.1, 0.15) is 0 Å². The zero-order valence-corrected chi connectivity index (χ0v) is 12.5. The maximum Gasteiger partial charge on any atom is 0.191 e.